The number of carbonyl (C=O) groups excluding carboxylic acids is 1. The monoisotopic (exact) mass is 557 g/mol. The van der Waals surface area contributed by atoms with Crippen molar-refractivity contribution in [2.75, 3.05) is 13.7 Å². The van der Waals surface area contributed by atoms with Gasteiger partial charge in [-0.05, 0) is 66.8 Å². The number of methoxy groups -OCH3 is 1. The summed E-state index contributed by atoms with van der Waals surface area (Å²) in [6.07, 6.45) is 9.56. The van der Waals surface area contributed by atoms with Crippen LogP contribution < -0.4 is 15.4 Å². The maximum atomic E-state index is 13.7. The molecule has 1 amide bonds. The third-order valence-corrected chi connectivity index (χ3v) is 9.32. The molecule has 7 heterocycles. The van der Waals surface area contributed by atoms with Gasteiger partial charge < -0.3 is 18.8 Å². The van der Waals surface area contributed by atoms with E-state index < -0.39 is 0 Å². The highest BCUT2D eigenvalue weighted by atomic mass is 16.5. The van der Waals surface area contributed by atoms with Crippen molar-refractivity contribution in [2.45, 2.75) is 50.2 Å². The van der Waals surface area contributed by atoms with Gasteiger partial charge in [0, 0.05) is 36.8 Å². The minimum Gasteiger partial charge on any atom is -0.494 e. The summed E-state index contributed by atoms with van der Waals surface area (Å²) in [6.45, 7) is 2.17. The minimum absolute atomic E-state index is 0.00543. The summed E-state index contributed by atoms with van der Waals surface area (Å²) >= 11 is 0. The predicted octanol–water partition coefficient (Wildman–Crippen LogP) is 4.36. The number of hydrogen-bond acceptors (Lipinski definition) is 6. The van der Waals surface area contributed by atoms with E-state index in [0.717, 1.165) is 59.4 Å². The van der Waals surface area contributed by atoms with Crippen LogP contribution in [-0.2, 0) is 13.1 Å². The van der Waals surface area contributed by atoms with Gasteiger partial charge in [-0.1, -0.05) is 30.4 Å². The zero-order valence-electron chi connectivity index (χ0n) is 23.4. The van der Waals surface area contributed by atoms with Crippen LogP contribution in [0.3, 0.4) is 0 Å². The molecule has 2 aromatic carbocycles. The number of imidazole rings is 1. The number of carbonyl (C=O) groups is 1. The van der Waals surface area contributed by atoms with E-state index in [9.17, 15) is 4.79 Å². The predicted molar refractivity (Wildman–Crippen MR) is 161 cm³/mol. The van der Waals surface area contributed by atoms with E-state index in [-0.39, 0.29) is 17.7 Å². The summed E-state index contributed by atoms with van der Waals surface area (Å²) < 4.78 is 10.5. The molecule has 1 spiro atoms. The van der Waals surface area contributed by atoms with Gasteiger partial charge in [0.15, 0.2) is 5.82 Å². The van der Waals surface area contributed by atoms with E-state index in [1.165, 1.54) is 11.1 Å². The molecular weight excluding hydrogens is 526 g/mol. The Morgan fingerprint density at radius 3 is 2.88 bits per heavy atom. The van der Waals surface area contributed by atoms with Crippen molar-refractivity contribution in [1.29, 1.82) is 0 Å². The molecule has 5 aromatic rings. The van der Waals surface area contributed by atoms with E-state index in [2.05, 4.69) is 68.3 Å². The normalized spacial score (nSPS) is 24.8. The van der Waals surface area contributed by atoms with Gasteiger partial charge in [0.05, 0.1) is 24.4 Å². The van der Waals surface area contributed by atoms with Gasteiger partial charge in [0.1, 0.15) is 28.7 Å². The molecule has 0 aliphatic carbocycles. The van der Waals surface area contributed by atoms with Crippen LogP contribution in [0, 0.1) is 0 Å². The molecule has 0 radical (unpaired) electrons. The molecular formula is C33H31N7O2. The van der Waals surface area contributed by atoms with Gasteiger partial charge in [-0.2, -0.15) is 0 Å². The number of piperazine rings is 1. The molecule has 9 nitrogen and oxygen atoms in total. The number of pyridine rings is 1. The Hall–Kier alpha value is -4.47. The Labute approximate surface area is 242 Å². The fraction of sp³-hybridized carbons (Fsp3) is 0.303. The molecule has 4 aliphatic heterocycles. The molecule has 3 saturated heterocycles. The quantitative estimate of drug-likeness (QED) is 0.312. The number of likely N-dealkylation sites (tertiary alicyclic amines) is 1. The molecule has 42 heavy (non-hydrogen) atoms. The van der Waals surface area contributed by atoms with Crippen LogP contribution >= 0.6 is 0 Å². The molecule has 2 N–H and O–H groups in total. The first-order valence-corrected chi connectivity index (χ1v) is 14.8. The molecule has 3 fully saturated rings. The van der Waals surface area contributed by atoms with E-state index >= 15 is 0 Å². The lowest BCUT2D eigenvalue weighted by Crippen LogP contribution is -2.37. The van der Waals surface area contributed by atoms with Crippen LogP contribution in [0.5, 0.6) is 5.75 Å². The average Bonchev–Trinajstić information content (AvgIpc) is 3.78. The van der Waals surface area contributed by atoms with Gasteiger partial charge in [0.25, 0.3) is 5.91 Å². The summed E-state index contributed by atoms with van der Waals surface area (Å²) in [5.41, 5.74) is 6.54. The van der Waals surface area contributed by atoms with Crippen LogP contribution in [0.1, 0.15) is 40.7 Å². The third kappa shape index (κ3) is 3.53. The second-order valence-electron chi connectivity index (χ2n) is 11.9. The number of aryl methyl sites for hydroxylation is 1. The average molecular weight is 558 g/mol. The Kier molecular flexibility index (Phi) is 5.04. The molecule has 2 unspecified atom stereocenters. The first-order chi connectivity index (χ1) is 20.6. The van der Waals surface area contributed by atoms with Crippen molar-refractivity contribution >= 4 is 34.1 Å². The van der Waals surface area contributed by atoms with Crippen LogP contribution in [0.25, 0.3) is 39.7 Å². The van der Waals surface area contributed by atoms with Gasteiger partial charge in [-0.25, -0.2) is 9.97 Å². The lowest BCUT2D eigenvalue weighted by molar-refractivity contribution is 0.0753. The summed E-state index contributed by atoms with van der Waals surface area (Å²) in [5.74, 6) is 1.50. The van der Waals surface area contributed by atoms with E-state index in [0.29, 0.717) is 30.4 Å². The Morgan fingerprint density at radius 1 is 1.07 bits per heavy atom. The van der Waals surface area contributed by atoms with E-state index in [1.54, 1.807) is 7.11 Å². The van der Waals surface area contributed by atoms with Crippen molar-refractivity contribution in [1.82, 2.24) is 34.6 Å². The van der Waals surface area contributed by atoms with Gasteiger partial charge in [-0.15, -0.1) is 0 Å². The molecule has 9 rings (SSSR count). The fourth-order valence-corrected chi connectivity index (χ4v) is 7.11. The first-order valence-electron chi connectivity index (χ1n) is 14.8. The summed E-state index contributed by atoms with van der Waals surface area (Å²) in [5, 5.41) is 7.96. The number of hydrogen-bond donors (Lipinski definition) is 2. The number of rotatable bonds is 2. The maximum absolute atomic E-state index is 13.7. The zero-order valence-corrected chi connectivity index (χ0v) is 23.4. The summed E-state index contributed by atoms with van der Waals surface area (Å²) in [6, 6.07) is 19.1. The van der Waals surface area contributed by atoms with E-state index in [4.69, 9.17) is 14.7 Å². The van der Waals surface area contributed by atoms with Crippen molar-refractivity contribution in [3.8, 4) is 17.3 Å². The number of amides is 1. The molecule has 0 saturated carbocycles. The van der Waals surface area contributed by atoms with Crippen LogP contribution in [0.15, 0.2) is 66.9 Å². The number of fused-ring (bicyclic) bond motifs is 9. The van der Waals surface area contributed by atoms with Crippen LogP contribution in [-0.4, -0.2) is 61.4 Å². The van der Waals surface area contributed by atoms with Gasteiger partial charge >= 0.3 is 0 Å². The maximum Gasteiger partial charge on any atom is 0.255 e. The number of nitrogens with one attached hydrogen (secondary N) is 2. The highest BCUT2D eigenvalue weighted by molar-refractivity contribution is 6.01. The molecule has 210 valence electrons. The van der Waals surface area contributed by atoms with Gasteiger partial charge in [0.2, 0.25) is 0 Å². The van der Waals surface area contributed by atoms with Crippen molar-refractivity contribution in [2.24, 2.45) is 0 Å². The van der Waals surface area contributed by atoms with E-state index in [1.807, 2.05) is 29.3 Å². The lowest BCUT2D eigenvalue weighted by atomic mass is 10.1. The lowest BCUT2D eigenvalue weighted by Gasteiger charge is -2.19. The second kappa shape index (κ2) is 8.77. The van der Waals surface area contributed by atoms with Crippen molar-refractivity contribution in [3.63, 3.8) is 0 Å². The largest absolute Gasteiger partial charge is 0.494 e. The number of nitrogens with zero attached hydrogens (tertiary/aromatic N) is 5. The Bertz CT molecular complexity index is 1950. The van der Waals surface area contributed by atoms with Crippen molar-refractivity contribution < 1.29 is 9.53 Å². The topological polar surface area (TPSA) is 109 Å². The molecule has 2 bridgehead atoms. The highest BCUT2D eigenvalue weighted by Gasteiger charge is 2.78. The van der Waals surface area contributed by atoms with Crippen LogP contribution in [0.4, 0.5) is 0 Å². The molecule has 3 aromatic heterocycles. The zero-order chi connectivity index (χ0) is 28.0. The standard InChI is InChI=1S/C33H31N7O2/c1-42-26-17-23(31(41)40-19-27-33(36-27)32(40)37-33)15-24-28(26)39-18-21-10-6-9-20(14-21)8-4-2-3-5-13-38-25(30(39)35-24)16-22-11-7-12-34-29(22)38/h4,6-12,14-17,27,32,36-37H,2-3,5,13,18-19H2,1H3/b8-4-/t27?,32?,33-/m1/s1. The number of aromatic nitrogens is 4. The fourth-order valence-electron chi connectivity index (χ4n) is 7.11. The smallest absolute Gasteiger partial charge is 0.255 e. The number of allylic oxidation sites excluding steroid dienone is 1. The molecule has 4 aliphatic rings. The Balaban J connectivity index is 1.25. The summed E-state index contributed by atoms with van der Waals surface area (Å²) in [4.78, 5) is 25.7. The number of ether oxygens (including phenoxy) is 1. The second-order valence-corrected chi connectivity index (χ2v) is 11.9. The third-order valence-electron chi connectivity index (χ3n) is 9.32. The van der Waals surface area contributed by atoms with Crippen molar-refractivity contribution in [3.05, 3.63) is 83.6 Å². The molecule has 3 atom stereocenters. The summed E-state index contributed by atoms with van der Waals surface area (Å²) in [7, 11) is 1.67. The first kappa shape index (κ1) is 24.2. The SMILES string of the molecule is COc1cc(C(=O)N2CC3N[C@@]34NC24)cc2nc3n(c12)Cc1cccc(c1)/C=C\CCCCn1c-3cc2cccnc21. The minimum atomic E-state index is -0.0365. The molecule has 9 heteroatoms. The van der Waals surface area contributed by atoms with Crippen LogP contribution in [0.2, 0.25) is 0 Å². The highest BCUT2D eigenvalue weighted by Crippen LogP contribution is 2.49. The van der Waals surface area contributed by atoms with Gasteiger partial charge in [-0.3, -0.25) is 15.4 Å². The Morgan fingerprint density at radius 2 is 2.02 bits per heavy atom. The number of benzene rings is 2.